The van der Waals surface area contributed by atoms with Gasteiger partial charge in [0.1, 0.15) is 5.75 Å². The predicted octanol–water partition coefficient (Wildman–Crippen LogP) is 2.36. The van der Waals surface area contributed by atoms with Crippen LogP contribution in [0.5, 0.6) is 5.75 Å². The Kier molecular flexibility index (Phi) is 3.79. The summed E-state index contributed by atoms with van der Waals surface area (Å²) in [6.07, 6.45) is 0. The van der Waals surface area contributed by atoms with Gasteiger partial charge in [0.05, 0.1) is 5.30 Å². The fourth-order valence-electron chi connectivity index (χ4n) is 3.07. The van der Waals surface area contributed by atoms with E-state index in [-0.39, 0.29) is 24.6 Å². The first-order chi connectivity index (χ1) is 10.2. The third-order valence-corrected chi connectivity index (χ3v) is 7.19. The van der Waals surface area contributed by atoms with Crippen molar-refractivity contribution in [3.05, 3.63) is 72.8 Å². The average Bonchev–Trinajstić information content (AvgIpc) is 2.79. The minimum atomic E-state index is -2.99. The molecule has 3 aromatic carbocycles. The molecule has 0 aromatic heterocycles. The van der Waals surface area contributed by atoms with Crippen LogP contribution in [-0.4, -0.2) is 24.0 Å². The Morgan fingerprint density at radius 2 is 1.05 bits per heavy atom. The first kappa shape index (κ1) is 15.2. The monoisotopic (exact) mass is 300 g/mol. The topological polar surface area (TPSA) is 37.3 Å². The van der Waals surface area contributed by atoms with Gasteiger partial charge in [-0.05, 0) is 23.3 Å². The summed E-state index contributed by atoms with van der Waals surface area (Å²) >= 11 is 0. The summed E-state index contributed by atoms with van der Waals surface area (Å²) in [4.78, 5) is 0. The molecule has 1 N–H and O–H groups in total. The van der Waals surface area contributed by atoms with Gasteiger partial charge < -0.3 is 9.67 Å². The van der Waals surface area contributed by atoms with Gasteiger partial charge in [0, 0.05) is 10.6 Å². The molecule has 0 atom stereocenters. The maximum atomic E-state index is 13.9. The second-order valence-electron chi connectivity index (χ2n) is 5.13. The zero-order chi connectivity index (χ0) is 14.4. The summed E-state index contributed by atoms with van der Waals surface area (Å²) in [5.41, 5.74) is 2.00. The van der Waals surface area contributed by atoms with Gasteiger partial charge in [-0.3, -0.25) is 0 Å². The van der Waals surface area contributed by atoms with Crippen molar-refractivity contribution < 1.29 is 9.67 Å². The van der Waals surface area contributed by atoms with Crippen LogP contribution >= 0.6 is 7.14 Å². The normalized spacial score (nSPS) is 13.8. The number of phenols is 1. The van der Waals surface area contributed by atoms with Crippen molar-refractivity contribution in [2.45, 2.75) is 0 Å². The molecule has 4 heteroatoms. The molecule has 0 spiro atoms. The molecule has 1 aliphatic rings. The molecule has 2 nitrogen and oxygen atoms in total. The number of hydrogen-bond donors (Lipinski definition) is 1. The first-order valence-corrected chi connectivity index (χ1v) is 8.52. The number of rotatable bonds is 1. The van der Waals surface area contributed by atoms with E-state index in [0.29, 0.717) is 5.30 Å². The molecule has 0 unspecified atom stereocenters. The third kappa shape index (κ3) is 1.92. The molecule has 1 heterocycles. The summed E-state index contributed by atoms with van der Waals surface area (Å²) in [6, 6.07) is 22.4. The van der Waals surface area contributed by atoms with Gasteiger partial charge in [0.2, 0.25) is 0 Å². The van der Waals surface area contributed by atoms with Gasteiger partial charge in [-0.15, -0.1) is 0 Å². The van der Waals surface area contributed by atoms with E-state index in [4.69, 9.17) is 0 Å². The molecule has 1 aliphatic heterocycles. The first-order valence-electron chi connectivity index (χ1n) is 6.81. The third-order valence-electron chi connectivity index (χ3n) is 4.00. The van der Waals surface area contributed by atoms with Crippen LogP contribution < -0.4 is 15.9 Å². The van der Waals surface area contributed by atoms with Gasteiger partial charge in [0.25, 0.3) is 0 Å². The SMILES string of the molecule is O=P1(c2ccccc2O)c2ccccc2-c2ccccc21.[LiH]. The van der Waals surface area contributed by atoms with E-state index in [1.54, 1.807) is 18.2 Å². The molecular formula is C18H14LiO2P. The van der Waals surface area contributed by atoms with Crippen LogP contribution in [0, 0.1) is 0 Å². The zero-order valence-electron chi connectivity index (χ0n) is 11.2. The molecule has 0 bridgehead atoms. The van der Waals surface area contributed by atoms with Crippen molar-refractivity contribution in [2.75, 3.05) is 0 Å². The summed E-state index contributed by atoms with van der Waals surface area (Å²) in [5, 5.41) is 12.4. The summed E-state index contributed by atoms with van der Waals surface area (Å²) in [6.45, 7) is 0. The van der Waals surface area contributed by atoms with Crippen molar-refractivity contribution >= 4 is 41.9 Å². The molecule has 104 valence electrons. The summed E-state index contributed by atoms with van der Waals surface area (Å²) in [7, 11) is -2.99. The van der Waals surface area contributed by atoms with Crippen molar-refractivity contribution in [3.8, 4) is 16.9 Å². The summed E-state index contributed by atoms with van der Waals surface area (Å²) in [5.74, 6) is 0.0901. The molecule has 0 amide bonds. The van der Waals surface area contributed by atoms with Crippen molar-refractivity contribution in [3.63, 3.8) is 0 Å². The van der Waals surface area contributed by atoms with Crippen LogP contribution in [0.2, 0.25) is 0 Å². The number of benzene rings is 3. The Morgan fingerprint density at radius 1 is 0.636 bits per heavy atom. The maximum absolute atomic E-state index is 13.9. The molecule has 0 fully saturated rings. The van der Waals surface area contributed by atoms with Crippen molar-refractivity contribution in [2.24, 2.45) is 0 Å². The van der Waals surface area contributed by atoms with E-state index in [2.05, 4.69) is 0 Å². The fraction of sp³-hybridized carbons (Fsp3) is 0. The van der Waals surface area contributed by atoms with Crippen LogP contribution in [-0.2, 0) is 4.57 Å². The van der Waals surface area contributed by atoms with Crippen LogP contribution in [0.1, 0.15) is 0 Å². The molecule has 3 aromatic rings. The van der Waals surface area contributed by atoms with E-state index >= 15 is 0 Å². The van der Waals surface area contributed by atoms with E-state index in [1.807, 2.05) is 54.6 Å². The van der Waals surface area contributed by atoms with Gasteiger partial charge in [-0.1, -0.05) is 60.7 Å². The van der Waals surface area contributed by atoms with E-state index < -0.39 is 7.14 Å². The second kappa shape index (κ2) is 5.49. The molecule has 0 saturated heterocycles. The van der Waals surface area contributed by atoms with Crippen LogP contribution in [0.15, 0.2) is 72.8 Å². The summed E-state index contributed by atoms with van der Waals surface area (Å²) < 4.78 is 13.9. The van der Waals surface area contributed by atoms with Gasteiger partial charge >= 0.3 is 18.9 Å². The Bertz CT molecular complexity index is 855. The number of para-hydroxylation sites is 1. The Hall–Kier alpha value is -1.71. The standard InChI is InChI=1S/C18H13O2P.Li.H/c19-15-9-3-6-12-18(15)21(20)16-10-4-1-7-13(16)14-8-2-5-11-17(14)21;;/h1-12,19H;;. The fourth-order valence-corrected chi connectivity index (χ4v) is 6.20. The molecule has 4 rings (SSSR count). The van der Waals surface area contributed by atoms with Crippen LogP contribution in [0.25, 0.3) is 11.1 Å². The zero-order valence-corrected chi connectivity index (χ0v) is 12.1. The Balaban J connectivity index is 0.00000144. The number of hydrogen-bond acceptors (Lipinski definition) is 2. The van der Waals surface area contributed by atoms with E-state index in [0.717, 1.165) is 21.7 Å². The van der Waals surface area contributed by atoms with Crippen molar-refractivity contribution in [1.29, 1.82) is 0 Å². The Morgan fingerprint density at radius 3 is 1.55 bits per heavy atom. The second-order valence-corrected chi connectivity index (χ2v) is 7.80. The number of phenolic OH excluding ortho intramolecular Hbond substituents is 1. The molecule has 0 aliphatic carbocycles. The van der Waals surface area contributed by atoms with E-state index in [9.17, 15) is 9.67 Å². The van der Waals surface area contributed by atoms with Gasteiger partial charge in [0.15, 0.2) is 7.14 Å². The number of fused-ring (bicyclic) bond motifs is 3. The van der Waals surface area contributed by atoms with Crippen molar-refractivity contribution in [1.82, 2.24) is 0 Å². The molecule has 22 heavy (non-hydrogen) atoms. The predicted molar refractivity (Wildman–Crippen MR) is 93.6 cm³/mol. The van der Waals surface area contributed by atoms with Gasteiger partial charge in [-0.2, -0.15) is 0 Å². The van der Waals surface area contributed by atoms with Crippen LogP contribution in [0.3, 0.4) is 0 Å². The van der Waals surface area contributed by atoms with E-state index in [1.165, 1.54) is 0 Å². The Labute approximate surface area is 141 Å². The molecular weight excluding hydrogens is 286 g/mol. The minimum absolute atomic E-state index is 0. The molecule has 0 radical (unpaired) electrons. The van der Waals surface area contributed by atoms with Gasteiger partial charge in [-0.25, -0.2) is 0 Å². The average molecular weight is 300 g/mol. The molecule has 0 saturated carbocycles. The number of aromatic hydroxyl groups is 1. The quantitative estimate of drug-likeness (QED) is 0.433. The van der Waals surface area contributed by atoms with Crippen LogP contribution in [0.4, 0.5) is 0 Å².